The summed E-state index contributed by atoms with van der Waals surface area (Å²) in [5, 5.41) is 0. The molecule has 0 aliphatic carbocycles. The molecule has 127 heavy (non-hydrogen) atoms. The topological polar surface area (TPSA) is 239 Å². The molecule has 17 heteroatoms. The molecule has 0 radical (unpaired) electrons. The van der Waals surface area contributed by atoms with Gasteiger partial charge in [0.05, 0.1) is 11.7 Å². The fraction of sp³-hybridized carbons (Fsp3) is 0.455. The van der Waals surface area contributed by atoms with Gasteiger partial charge in [-0.3, -0.25) is 58.9 Å². The molecule has 680 valence electrons. The maximum atomic E-state index is 12.8. The number of rotatable bonds is 30. The van der Waals surface area contributed by atoms with E-state index < -0.39 is 6.09 Å². The molecule has 2 aliphatic heterocycles. The van der Waals surface area contributed by atoms with Crippen molar-refractivity contribution in [1.82, 2.24) is 39.7 Å². The Morgan fingerprint density at radius 1 is 0.457 bits per heavy atom. The number of nitrogens with zero attached hydrogens (tertiary/aromatic N) is 8. The van der Waals surface area contributed by atoms with E-state index in [1.54, 1.807) is 17.2 Å². The molecule has 6 aromatic heterocycles. The minimum Gasteiger partial charge on any atom is -0.445 e. The molecule has 0 spiro atoms. The van der Waals surface area contributed by atoms with Gasteiger partial charge < -0.3 is 10.5 Å². The Morgan fingerprint density at radius 3 is 1.32 bits per heavy atom. The number of ketones is 4. The van der Waals surface area contributed by atoms with Crippen LogP contribution in [0.15, 0.2) is 226 Å². The van der Waals surface area contributed by atoms with Crippen molar-refractivity contribution >= 4 is 35.4 Å². The molecule has 2 N–H and O–H groups in total. The first-order chi connectivity index (χ1) is 60.6. The van der Waals surface area contributed by atoms with Crippen molar-refractivity contribution in [1.29, 1.82) is 0 Å². The van der Waals surface area contributed by atoms with Gasteiger partial charge in [-0.05, 0) is 194 Å². The number of carbonyl (C=O) groups excluding carboxylic acids is 7. The van der Waals surface area contributed by atoms with Crippen LogP contribution in [-0.4, -0.2) is 101 Å². The van der Waals surface area contributed by atoms with Crippen LogP contribution in [0.3, 0.4) is 0 Å². The predicted molar refractivity (Wildman–Crippen MR) is 516 cm³/mol. The second-order valence-corrected chi connectivity index (χ2v) is 36.1. The molecule has 2 saturated heterocycles. The number of ether oxygens (including phenoxy) is 1. The highest BCUT2D eigenvalue weighted by atomic mass is 16.6. The Morgan fingerprint density at radius 2 is 0.898 bits per heavy atom. The first-order valence-electron chi connectivity index (χ1n) is 46.0. The van der Waals surface area contributed by atoms with E-state index in [2.05, 4.69) is 263 Å². The summed E-state index contributed by atoms with van der Waals surface area (Å²) in [7, 11) is 0. The molecule has 2 fully saturated rings. The SMILES string of the molecule is CC(=O)c1ccc(C(C)C)cn1.CC(C)c1ccc(CN)nc1.CC(C)c1cccc([C@H]2CN(Cc3ccccc3)C[C@@H]2C)c1.CC(C)c1cncc(CCC(=O)[C@@H](C)C(C)C)c1.CC(C)c1cncc(CCC(=O)[C@@H](C)Cc2ccccc2)c1.CC(C)c1cncc(CCC(=O)[C@@H]2CCCN2C(=O)OCc2ccccc2)c1.CCc1ccc(C(C)C)cn1.O=C=O. The van der Waals surface area contributed by atoms with Gasteiger partial charge in [-0.15, -0.1) is 0 Å². The van der Waals surface area contributed by atoms with Gasteiger partial charge >= 0.3 is 12.2 Å². The van der Waals surface area contributed by atoms with Crippen molar-refractivity contribution < 1.29 is 38.3 Å². The number of carbonyl (C=O) groups is 5. The normalized spacial score (nSPS) is 14.3. The number of likely N-dealkylation sites (tertiary alicyclic amines) is 2. The van der Waals surface area contributed by atoms with E-state index in [0.717, 1.165) is 67.0 Å². The molecular formula is C110H147N9O8. The van der Waals surface area contributed by atoms with Gasteiger partial charge in [0.15, 0.2) is 11.6 Å². The second kappa shape index (κ2) is 57.7. The minimum absolute atomic E-state index is 0.0188. The zero-order chi connectivity index (χ0) is 93.5. The van der Waals surface area contributed by atoms with Crippen molar-refractivity contribution in [2.24, 2.45) is 29.4 Å². The van der Waals surface area contributed by atoms with Crippen LogP contribution < -0.4 is 5.73 Å². The van der Waals surface area contributed by atoms with Crippen LogP contribution in [0, 0.1) is 23.7 Å². The van der Waals surface area contributed by atoms with E-state index in [4.69, 9.17) is 20.1 Å². The Kier molecular flexibility index (Phi) is 48.4. The Balaban J connectivity index is 0.000000268. The van der Waals surface area contributed by atoms with Crippen LogP contribution in [0.25, 0.3) is 0 Å². The highest BCUT2D eigenvalue weighted by Crippen LogP contribution is 2.35. The summed E-state index contributed by atoms with van der Waals surface area (Å²) in [6.07, 6.45) is 24.0. The van der Waals surface area contributed by atoms with Gasteiger partial charge in [-0.1, -0.05) is 290 Å². The lowest BCUT2D eigenvalue weighted by Gasteiger charge is -2.23. The van der Waals surface area contributed by atoms with Crippen molar-refractivity contribution in [2.75, 3.05) is 19.6 Å². The van der Waals surface area contributed by atoms with Gasteiger partial charge in [0, 0.05) is 138 Å². The van der Waals surface area contributed by atoms with Gasteiger partial charge in [0.1, 0.15) is 23.9 Å². The zero-order valence-corrected chi connectivity index (χ0v) is 80.1. The molecule has 4 aromatic carbocycles. The number of aryl methyl sites for hydroxylation is 4. The first-order valence-corrected chi connectivity index (χ1v) is 46.0. The van der Waals surface area contributed by atoms with Gasteiger partial charge in [0.25, 0.3) is 0 Å². The van der Waals surface area contributed by atoms with Crippen LogP contribution in [0.2, 0.25) is 0 Å². The fourth-order valence-corrected chi connectivity index (χ4v) is 14.4. The number of amides is 1. The minimum atomic E-state index is -0.400. The highest BCUT2D eigenvalue weighted by Gasteiger charge is 2.35. The van der Waals surface area contributed by atoms with Crippen LogP contribution in [0.4, 0.5) is 4.79 Å². The number of hydrogen-bond donors (Lipinski definition) is 1. The number of Topliss-reactive ketones (excluding diaryl/α,β-unsaturated/α-hetero) is 4. The lowest BCUT2D eigenvalue weighted by molar-refractivity contribution is -0.191. The highest BCUT2D eigenvalue weighted by molar-refractivity contribution is 5.92. The smallest absolute Gasteiger partial charge is 0.410 e. The van der Waals surface area contributed by atoms with Crippen molar-refractivity contribution in [3.05, 3.63) is 321 Å². The Hall–Kier alpha value is -11.0. The maximum Gasteiger partial charge on any atom is 0.410 e. The number of pyridine rings is 6. The average Bonchev–Trinajstić information content (AvgIpc) is 1.68. The first kappa shape index (κ1) is 107. The summed E-state index contributed by atoms with van der Waals surface area (Å²) in [4.78, 5) is 106. The molecule has 10 aromatic rings. The third-order valence-electron chi connectivity index (χ3n) is 23.3. The summed E-state index contributed by atoms with van der Waals surface area (Å²) >= 11 is 0. The molecule has 0 unspecified atom stereocenters. The molecule has 1 amide bonds. The molecule has 5 atom stereocenters. The largest absolute Gasteiger partial charge is 0.445 e. The predicted octanol–water partition coefficient (Wildman–Crippen LogP) is 24.4. The molecular weight excluding hydrogens is 1580 g/mol. The Bertz CT molecular complexity index is 4800. The van der Waals surface area contributed by atoms with E-state index >= 15 is 0 Å². The van der Waals surface area contributed by atoms with Crippen molar-refractivity contribution in [3.8, 4) is 0 Å². The standard InChI is InChI=1S/C23H28N2O3.C21H27N.C20H25NO.C16H25NO.C10H13NO.C10H15N.C9H14N2.CO2/c1-17(2)20-13-19(14-24-15-20)10-11-22(26)21-9-6-12-25(21)23(27)28-16-18-7-4-3-5-8-18;1-16(2)19-10-7-11-20(12-19)21-15-22(13-17(21)3)14-18-8-5-4-6-9-18;1-15(2)19-12-18(13-21-14-19)9-10-20(22)16(3)11-17-7-5-4-6-8-17;1-11(2)13(5)16(18)7-6-14-8-15(12(3)4)10-17-9-14;1-7(2)9-4-5-10(8(3)12)11-6-9;1-4-10-6-5-9(7-11-10)8(2)3;1-7(2)8-3-4-9(5-10)11-6-8;2-1-3/h3-5,7-8,13-15,17,21H,6,9-12,16H2,1-2H3;4-12,16-17,21H,13-15H2,1-3H3;4-8,12-16H,9-11H2,1-3H3;8-13H,6-7H2,1-5H3;4-7H,1-3H3;5-8H,4H2,1-3H3;3-4,6-7H,5,10H2,1-2H3;/t21-;17-,21-;16-;13-;;;;/m0000..../s1. The number of aromatic nitrogens is 6. The van der Waals surface area contributed by atoms with Gasteiger partial charge in [0.2, 0.25) is 0 Å². The monoisotopic (exact) mass is 1720 g/mol. The zero-order valence-electron chi connectivity index (χ0n) is 80.1. The molecule has 8 heterocycles. The summed E-state index contributed by atoms with van der Waals surface area (Å²) in [5.74, 6) is 6.46. The number of benzene rings is 4. The van der Waals surface area contributed by atoms with Crippen LogP contribution in [0.1, 0.15) is 325 Å². The summed E-state index contributed by atoms with van der Waals surface area (Å²) in [5.41, 5.74) is 25.5. The van der Waals surface area contributed by atoms with Crippen molar-refractivity contribution in [3.63, 3.8) is 0 Å². The second-order valence-electron chi connectivity index (χ2n) is 36.1. The van der Waals surface area contributed by atoms with E-state index in [1.807, 2.05) is 124 Å². The summed E-state index contributed by atoms with van der Waals surface area (Å²) in [6.45, 7) is 49.4. The maximum absolute atomic E-state index is 12.8. The van der Waals surface area contributed by atoms with Gasteiger partial charge in [-0.25, -0.2) is 4.79 Å². The fourth-order valence-electron chi connectivity index (χ4n) is 14.4. The Labute approximate surface area is 761 Å². The average molecular weight is 1720 g/mol. The molecule has 0 saturated carbocycles. The number of hydrogen-bond acceptors (Lipinski definition) is 16. The summed E-state index contributed by atoms with van der Waals surface area (Å²) < 4.78 is 5.42. The van der Waals surface area contributed by atoms with E-state index in [1.165, 1.54) is 86.9 Å². The van der Waals surface area contributed by atoms with Crippen LogP contribution >= 0.6 is 0 Å². The molecule has 12 rings (SSSR count). The van der Waals surface area contributed by atoms with Crippen LogP contribution in [0.5, 0.6) is 0 Å². The van der Waals surface area contributed by atoms with Crippen molar-refractivity contribution in [2.45, 2.75) is 283 Å². The van der Waals surface area contributed by atoms with Gasteiger partial charge in [-0.2, -0.15) is 9.59 Å². The molecule has 17 nitrogen and oxygen atoms in total. The molecule has 0 bridgehead atoms. The quantitative estimate of drug-likeness (QED) is 0.0412. The third kappa shape index (κ3) is 39.4. The molecule has 2 aliphatic rings. The third-order valence-corrected chi connectivity index (χ3v) is 23.3. The lowest BCUT2D eigenvalue weighted by atomic mass is 9.88. The summed E-state index contributed by atoms with van der Waals surface area (Å²) in [6, 6.07) is 58.0. The lowest BCUT2D eigenvalue weighted by Crippen LogP contribution is -2.40. The van der Waals surface area contributed by atoms with Crippen LogP contribution in [-0.2, 0) is 80.5 Å². The van der Waals surface area contributed by atoms with E-state index in [-0.39, 0.29) is 42.2 Å². The van der Waals surface area contributed by atoms with E-state index in [9.17, 15) is 24.0 Å². The van der Waals surface area contributed by atoms with E-state index in [0.29, 0.717) is 116 Å². The number of nitrogens with two attached hydrogens (primary N) is 1.